The molecule has 0 bridgehead atoms. The zero-order valence-electron chi connectivity index (χ0n) is 13.6. The summed E-state index contributed by atoms with van der Waals surface area (Å²) in [7, 11) is 1.75. The minimum absolute atomic E-state index is 0.147. The number of hydrogen-bond acceptors (Lipinski definition) is 5. The second-order valence-corrected chi connectivity index (χ2v) is 5.62. The number of oxazole rings is 1. The average molecular weight is 343 g/mol. The van der Waals surface area contributed by atoms with Crippen molar-refractivity contribution in [2.24, 2.45) is 12.8 Å². The van der Waals surface area contributed by atoms with Crippen molar-refractivity contribution in [3.8, 4) is 11.6 Å². The summed E-state index contributed by atoms with van der Waals surface area (Å²) in [6.45, 7) is 0.217. The van der Waals surface area contributed by atoms with Gasteiger partial charge in [-0.25, -0.2) is 9.37 Å². The molecule has 2 heterocycles. The molecule has 0 aliphatic rings. The zero-order valence-corrected chi connectivity index (χ0v) is 13.6. The van der Waals surface area contributed by atoms with Crippen LogP contribution in [-0.4, -0.2) is 33.3 Å². The van der Waals surface area contributed by atoms with Crippen molar-refractivity contribution in [2.45, 2.75) is 12.5 Å². The first-order valence-electron chi connectivity index (χ1n) is 7.76. The largest absolute Gasteiger partial charge is 0.442 e. The van der Waals surface area contributed by atoms with E-state index < -0.39 is 5.91 Å². The van der Waals surface area contributed by atoms with E-state index in [2.05, 4.69) is 15.4 Å². The number of benzene rings is 1. The maximum Gasteiger partial charge on any atom is 0.273 e. The molecule has 1 amide bonds. The molecule has 8 heteroatoms. The first-order valence-corrected chi connectivity index (χ1v) is 7.76. The normalized spacial score (nSPS) is 12.1. The van der Waals surface area contributed by atoms with E-state index in [0.29, 0.717) is 18.0 Å². The van der Waals surface area contributed by atoms with Crippen molar-refractivity contribution in [1.82, 2.24) is 20.1 Å². The number of rotatable bonds is 6. The molecule has 1 aromatic carbocycles. The lowest BCUT2D eigenvalue weighted by Gasteiger charge is -2.16. The minimum atomic E-state index is -0.399. The highest BCUT2D eigenvalue weighted by atomic mass is 19.1. The molecule has 0 spiro atoms. The van der Waals surface area contributed by atoms with Crippen LogP contribution in [0.3, 0.4) is 0 Å². The molecule has 0 saturated carbocycles. The first kappa shape index (κ1) is 16.8. The van der Waals surface area contributed by atoms with Crippen LogP contribution < -0.4 is 11.1 Å². The Hall–Kier alpha value is -3.00. The second-order valence-electron chi connectivity index (χ2n) is 5.62. The third-order valence-electron chi connectivity index (χ3n) is 3.77. The van der Waals surface area contributed by atoms with Crippen LogP contribution in [-0.2, 0) is 13.5 Å². The van der Waals surface area contributed by atoms with Crippen molar-refractivity contribution >= 4 is 5.91 Å². The number of nitrogens with two attached hydrogens (primary N) is 1. The van der Waals surface area contributed by atoms with E-state index in [1.807, 2.05) is 0 Å². The molecule has 130 valence electrons. The van der Waals surface area contributed by atoms with Crippen molar-refractivity contribution in [3.63, 3.8) is 0 Å². The standard InChI is InChI=1S/C17H18FN5O2/c1-23-15(5-6-20-23)17-22-14(10-25-17)16(24)21-13(9-19)8-11-3-2-4-12(18)7-11/h2-7,10,13H,8-9,19H2,1H3,(H,21,24)/t13-/m0/s1. The molecule has 0 unspecified atom stereocenters. The van der Waals surface area contributed by atoms with Gasteiger partial charge in [-0.1, -0.05) is 12.1 Å². The van der Waals surface area contributed by atoms with Gasteiger partial charge in [-0.2, -0.15) is 5.10 Å². The Labute approximate surface area is 143 Å². The van der Waals surface area contributed by atoms with E-state index >= 15 is 0 Å². The third kappa shape index (κ3) is 3.92. The molecular weight excluding hydrogens is 325 g/mol. The number of carbonyl (C=O) groups is 1. The summed E-state index contributed by atoms with van der Waals surface area (Å²) in [6.07, 6.45) is 3.32. The molecular formula is C17H18FN5O2. The molecule has 0 radical (unpaired) electrons. The highest BCUT2D eigenvalue weighted by molar-refractivity contribution is 5.92. The van der Waals surface area contributed by atoms with Gasteiger partial charge in [0.2, 0.25) is 5.89 Å². The molecule has 3 N–H and O–H groups in total. The summed E-state index contributed by atoms with van der Waals surface area (Å²) in [6, 6.07) is 7.60. The monoisotopic (exact) mass is 343 g/mol. The second kappa shape index (κ2) is 7.27. The molecule has 1 atom stereocenters. The fourth-order valence-electron chi connectivity index (χ4n) is 2.48. The maximum atomic E-state index is 13.3. The minimum Gasteiger partial charge on any atom is -0.442 e. The third-order valence-corrected chi connectivity index (χ3v) is 3.77. The molecule has 2 aromatic heterocycles. The average Bonchev–Trinajstić information content (AvgIpc) is 3.22. The lowest BCUT2D eigenvalue weighted by Crippen LogP contribution is -2.41. The van der Waals surface area contributed by atoms with Crippen molar-refractivity contribution in [2.75, 3.05) is 6.54 Å². The van der Waals surface area contributed by atoms with E-state index in [0.717, 1.165) is 5.56 Å². The van der Waals surface area contributed by atoms with Crippen LogP contribution in [0.4, 0.5) is 4.39 Å². The molecule has 0 fully saturated rings. The number of halogens is 1. The quantitative estimate of drug-likeness (QED) is 0.707. The summed E-state index contributed by atoms with van der Waals surface area (Å²) in [5.41, 5.74) is 7.29. The predicted octanol–water partition coefficient (Wildman–Crippen LogP) is 1.51. The van der Waals surface area contributed by atoms with Gasteiger partial charge < -0.3 is 15.5 Å². The Bertz CT molecular complexity index is 873. The van der Waals surface area contributed by atoms with Crippen molar-refractivity contribution < 1.29 is 13.6 Å². The number of hydrogen-bond donors (Lipinski definition) is 2. The summed E-state index contributed by atoms with van der Waals surface area (Å²) >= 11 is 0. The van der Waals surface area contributed by atoms with E-state index in [1.165, 1.54) is 18.4 Å². The molecule has 0 saturated heterocycles. The van der Waals surface area contributed by atoms with Gasteiger partial charge in [0, 0.05) is 25.8 Å². The lowest BCUT2D eigenvalue weighted by molar-refractivity contribution is 0.0933. The van der Waals surface area contributed by atoms with Gasteiger partial charge in [0.15, 0.2) is 5.69 Å². The topological polar surface area (TPSA) is 99.0 Å². The van der Waals surface area contributed by atoms with Gasteiger partial charge >= 0.3 is 0 Å². The van der Waals surface area contributed by atoms with Crippen LogP contribution in [0.15, 0.2) is 47.2 Å². The van der Waals surface area contributed by atoms with Crippen LogP contribution in [0.5, 0.6) is 0 Å². The van der Waals surface area contributed by atoms with Gasteiger partial charge in [0.05, 0.1) is 0 Å². The number of amides is 1. The Morgan fingerprint density at radius 2 is 2.28 bits per heavy atom. The SMILES string of the molecule is Cn1nccc1-c1nc(C(=O)N[C@H](CN)Cc2cccc(F)c2)co1. The van der Waals surface area contributed by atoms with Gasteiger partial charge in [-0.05, 0) is 30.2 Å². The lowest BCUT2D eigenvalue weighted by atomic mass is 10.1. The molecule has 3 aromatic rings. The highest BCUT2D eigenvalue weighted by Gasteiger charge is 2.18. The molecule has 0 aliphatic carbocycles. The van der Waals surface area contributed by atoms with Gasteiger partial charge in [-0.3, -0.25) is 9.48 Å². The number of carbonyl (C=O) groups excluding carboxylic acids is 1. The van der Waals surface area contributed by atoms with Gasteiger partial charge in [0.1, 0.15) is 17.8 Å². The van der Waals surface area contributed by atoms with E-state index in [1.54, 1.807) is 36.1 Å². The zero-order chi connectivity index (χ0) is 17.8. The van der Waals surface area contributed by atoms with Crippen molar-refractivity contribution in [1.29, 1.82) is 0 Å². The van der Waals surface area contributed by atoms with Crippen molar-refractivity contribution in [3.05, 3.63) is 59.9 Å². The number of aryl methyl sites for hydroxylation is 1. The predicted molar refractivity (Wildman–Crippen MR) is 89.1 cm³/mol. The van der Waals surface area contributed by atoms with Crippen LogP contribution in [0.2, 0.25) is 0 Å². The molecule has 3 rings (SSSR count). The maximum absolute atomic E-state index is 13.3. The van der Waals surface area contributed by atoms with E-state index in [4.69, 9.17) is 10.2 Å². The molecule has 7 nitrogen and oxygen atoms in total. The number of aromatic nitrogens is 3. The number of nitrogens with one attached hydrogen (secondary N) is 1. The Morgan fingerprint density at radius 3 is 2.96 bits per heavy atom. The Kier molecular flexibility index (Phi) is 4.90. The van der Waals surface area contributed by atoms with Crippen LogP contribution >= 0.6 is 0 Å². The van der Waals surface area contributed by atoms with Gasteiger partial charge in [-0.15, -0.1) is 0 Å². The fraction of sp³-hybridized carbons (Fsp3) is 0.235. The first-order chi connectivity index (χ1) is 12.1. The number of nitrogens with zero attached hydrogens (tertiary/aromatic N) is 3. The Balaban J connectivity index is 1.68. The fourth-order valence-corrected chi connectivity index (χ4v) is 2.48. The summed E-state index contributed by atoms with van der Waals surface area (Å²) in [5.74, 6) is -0.416. The summed E-state index contributed by atoms with van der Waals surface area (Å²) < 4.78 is 20.2. The van der Waals surface area contributed by atoms with Crippen LogP contribution in [0.25, 0.3) is 11.6 Å². The van der Waals surface area contributed by atoms with E-state index in [9.17, 15) is 9.18 Å². The summed E-state index contributed by atoms with van der Waals surface area (Å²) in [4.78, 5) is 16.5. The molecule has 0 aliphatic heterocycles. The summed E-state index contributed by atoms with van der Waals surface area (Å²) in [5, 5.41) is 6.82. The van der Waals surface area contributed by atoms with Crippen LogP contribution in [0.1, 0.15) is 16.1 Å². The van der Waals surface area contributed by atoms with Gasteiger partial charge in [0.25, 0.3) is 5.91 Å². The molecule has 25 heavy (non-hydrogen) atoms. The highest BCUT2D eigenvalue weighted by Crippen LogP contribution is 2.17. The van der Waals surface area contributed by atoms with Crippen LogP contribution in [0, 0.1) is 5.82 Å². The smallest absolute Gasteiger partial charge is 0.273 e. The Morgan fingerprint density at radius 1 is 1.44 bits per heavy atom. The van der Waals surface area contributed by atoms with E-state index in [-0.39, 0.29) is 24.1 Å².